The van der Waals surface area contributed by atoms with Crippen LogP contribution in [-0.4, -0.2) is 32.0 Å². The zero-order valence-corrected chi connectivity index (χ0v) is 16.2. The highest BCUT2D eigenvalue weighted by Gasteiger charge is 2.18. The van der Waals surface area contributed by atoms with Gasteiger partial charge in [-0.2, -0.15) is 0 Å². The van der Waals surface area contributed by atoms with Crippen molar-refractivity contribution in [2.24, 2.45) is 0 Å². The van der Waals surface area contributed by atoms with Gasteiger partial charge in [-0.25, -0.2) is 0 Å². The molecule has 0 fully saturated rings. The third-order valence-corrected chi connectivity index (χ3v) is 4.47. The predicted molar refractivity (Wildman–Crippen MR) is 104 cm³/mol. The zero-order chi connectivity index (χ0) is 19.3. The molecule has 0 heterocycles. The maximum atomic E-state index is 12.2. The summed E-state index contributed by atoms with van der Waals surface area (Å²) in [4.78, 5) is 25.9. The predicted octanol–water partition coefficient (Wildman–Crippen LogP) is 3.75. The molecule has 0 aromatic heterocycles. The summed E-state index contributed by atoms with van der Waals surface area (Å²) in [5.41, 5.74) is 3.16. The van der Waals surface area contributed by atoms with Crippen molar-refractivity contribution < 1.29 is 14.3 Å². The van der Waals surface area contributed by atoms with Crippen molar-refractivity contribution in [3.05, 3.63) is 58.1 Å². The van der Waals surface area contributed by atoms with Crippen LogP contribution in [0.3, 0.4) is 0 Å². The molecule has 0 aliphatic heterocycles. The topological polar surface area (TPSA) is 58.6 Å². The summed E-state index contributed by atoms with van der Waals surface area (Å²) in [5.74, 6) is 0.197. The van der Waals surface area contributed by atoms with Crippen molar-refractivity contribution in [2.75, 3.05) is 25.1 Å². The Kier molecular flexibility index (Phi) is 6.64. The minimum atomic E-state index is -0.173. The molecule has 5 nitrogen and oxygen atoms in total. The molecule has 0 spiro atoms. The van der Waals surface area contributed by atoms with Crippen molar-refractivity contribution in [3.63, 3.8) is 0 Å². The van der Waals surface area contributed by atoms with E-state index in [1.807, 2.05) is 32.0 Å². The SMILES string of the molecule is COc1cc(Cl)c(C)cc1N(CCNC(=O)c1ccc(C)cc1)C(C)=O. The molecule has 1 N–H and O–H groups in total. The Morgan fingerprint density at radius 1 is 1.15 bits per heavy atom. The van der Waals surface area contributed by atoms with E-state index in [9.17, 15) is 9.59 Å². The van der Waals surface area contributed by atoms with Gasteiger partial charge in [-0.05, 0) is 37.6 Å². The molecular weight excluding hydrogens is 352 g/mol. The lowest BCUT2D eigenvalue weighted by atomic mass is 10.1. The van der Waals surface area contributed by atoms with Crippen molar-refractivity contribution in [1.82, 2.24) is 5.32 Å². The molecule has 26 heavy (non-hydrogen) atoms. The Labute approximate surface area is 158 Å². The van der Waals surface area contributed by atoms with Gasteiger partial charge >= 0.3 is 0 Å². The molecule has 0 radical (unpaired) electrons. The number of halogens is 1. The average Bonchev–Trinajstić information content (AvgIpc) is 2.61. The Morgan fingerprint density at radius 3 is 2.38 bits per heavy atom. The number of methoxy groups -OCH3 is 1. The number of nitrogens with one attached hydrogen (secondary N) is 1. The number of anilines is 1. The lowest BCUT2D eigenvalue weighted by Crippen LogP contribution is -2.37. The smallest absolute Gasteiger partial charge is 0.251 e. The lowest BCUT2D eigenvalue weighted by molar-refractivity contribution is -0.116. The molecule has 2 aromatic carbocycles. The Hall–Kier alpha value is -2.53. The molecule has 6 heteroatoms. The summed E-state index contributed by atoms with van der Waals surface area (Å²) < 4.78 is 5.35. The number of carbonyl (C=O) groups excluding carboxylic acids is 2. The molecule has 2 rings (SSSR count). The first-order valence-electron chi connectivity index (χ1n) is 8.30. The average molecular weight is 375 g/mol. The van der Waals surface area contributed by atoms with Crippen LogP contribution in [0.2, 0.25) is 5.02 Å². The molecule has 0 saturated carbocycles. The van der Waals surface area contributed by atoms with Gasteiger partial charge in [-0.15, -0.1) is 0 Å². The summed E-state index contributed by atoms with van der Waals surface area (Å²) in [7, 11) is 1.53. The van der Waals surface area contributed by atoms with Crippen LogP contribution in [0.1, 0.15) is 28.4 Å². The second kappa shape index (κ2) is 8.72. The standard InChI is InChI=1S/C20H23ClN2O3/c1-13-5-7-16(8-6-13)20(25)22-9-10-23(15(3)24)18-11-14(2)17(21)12-19(18)26-4/h5-8,11-12H,9-10H2,1-4H3,(H,22,25). The fraction of sp³-hybridized carbons (Fsp3) is 0.300. The summed E-state index contributed by atoms with van der Waals surface area (Å²) in [6.45, 7) is 5.95. The van der Waals surface area contributed by atoms with Gasteiger partial charge in [0, 0.05) is 36.7 Å². The van der Waals surface area contributed by atoms with E-state index in [1.54, 1.807) is 23.1 Å². The molecule has 138 valence electrons. The highest BCUT2D eigenvalue weighted by molar-refractivity contribution is 6.31. The molecule has 0 aliphatic rings. The van der Waals surface area contributed by atoms with Crippen LogP contribution in [0.4, 0.5) is 5.69 Å². The highest BCUT2D eigenvalue weighted by Crippen LogP contribution is 2.33. The third-order valence-electron chi connectivity index (χ3n) is 4.07. The van der Waals surface area contributed by atoms with E-state index in [4.69, 9.17) is 16.3 Å². The van der Waals surface area contributed by atoms with E-state index in [-0.39, 0.29) is 11.8 Å². The number of carbonyl (C=O) groups is 2. The van der Waals surface area contributed by atoms with Crippen molar-refractivity contribution in [3.8, 4) is 5.75 Å². The van der Waals surface area contributed by atoms with E-state index >= 15 is 0 Å². The van der Waals surface area contributed by atoms with Crippen LogP contribution in [0, 0.1) is 13.8 Å². The molecule has 2 aromatic rings. The van der Waals surface area contributed by atoms with Crippen LogP contribution in [0.15, 0.2) is 36.4 Å². The van der Waals surface area contributed by atoms with E-state index in [0.29, 0.717) is 35.1 Å². The number of benzene rings is 2. The van der Waals surface area contributed by atoms with E-state index in [0.717, 1.165) is 11.1 Å². The Balaban J connectivity index is 2.10. The molecule has 0 aliphatic carbocycles. The molecule has 0 unspecified atom stereocenters. The number of hydrogen-bond acceptors (Lipinski definition) is 3. The molecule has 0 atom stereocenters. The minimum absolute atomic E-state index is 0.144. The first kappa shape index (κ1) is 19.8. The van der Waals surface area contributed by atoms with Crippen molar-refractivity contribution in [1.29, 1.82) is 0 Å². The monoisotopic (exact) mass is 374 g/mol. The summed E-state index contributed by atoms with van der Waals surface area (Å²) in [6, 6.07) is 10.8. The minimum Gasteiger partial charge on any atom is -0.495 e. The Bertz CT molecular complexity index is 803. The first-order chi connectivity index (χ1) is 12.3. The second-order valence-electron chi connectivity index (χ2n) is 6.07. The van der Waals surface area contributed by atoms with Gasteiger partial charge in [0.1, 0.15) is 5.75 Å². The molecular formula is C20H23ClN2O3. The van der Waals surface area contributed by atoms with Gasteiger partial charge in [-0.1, -0.05) is 29.3 Å². The van der Waals surface area contributed by atoms with Gasteiger partial charge in [-0.3, -0.25) is 9.59 Å². The number of rotatable bonds is 6. The Morgan fingerprint density at radius 2 is 1.81 bits per heavy atom. The molecule has 2 amide bonds. The van der Waals surface area contributed by atoms with Crippen LogP contribution in [0.5, 0.6) is 5.75 Å². The van der Waals surface area contributed by atoms with Gasteiger partial charge in [0.2, 0.25) is 5.91 Å². The van der Waals surface area contributed by atoms with Gasteiger partial charge in [0.15, 0.2) is 0 Å². The maximum Gasteiger partial charge on any atom is 0.251 e. The second-order valence-corrected chi connectivity index (χ2v) is 6.47. The highest BCUT2D eigenvalue weighted by atomic mass is 35.5. The van der Waals surface area contributed by atoms with Crippen molar-refractivity contribution >= 4 is 29.1 Å². The number of aryl methyl sites for hydroxylation is 2. The summed E-state index contributed by atoms with van der Waals surface area (Å²) in [6.07, 6.45) is 0. The van der Waals surface area contributed by atoms with Crippen molar-refractivity contribution in [2.45, 2.75) is 20.8 Å². The number of ether oxygens (including phenoxy) is 1. The van der Waals surface area contributed by atoms with E-state index in [2.05, 4.69) is 5.32 Å². The first-order valence-corrected chi connectivity index (χ1v) is 8.68. The summed E-state index contributed by atoms with van der Waals surface area (Å²) in [5, 5.41) is 3.41. The number of nitrogens with zero attached hydrogens (tertiary/aromatic N) is 1. The van der Waals surface area contributed by atoms with Crippen LogP contribution < -0.4 is 15.0 Å². The van der Waals surface area contributed by atoms with Crippen LogP contribution in [0.25, 0.3) is 0 Å². The lowest BCUT2D eigenvalue weighted by Gasteiger charge is -2.24. The largest absolute Gasteiger partial charge is 0.495 e. The van der Waals surface area contributed by atoms with Gasteiger partial charge in [0.05, 0.1) is 12.8 Å². The molecule has 0 saturated heterocycles. The van der Waals surface area contributed by atoms with Gasteiger partial charge in [0.25, 0.3) is 5.91 Å². The normalized spacial score (nSPS) is 10.3. The van der Waals surface area contributed by atoms with Crippen LogP contribution >= 0.6 is 11.6 Å². The van der Waals surface area contributed by atoms with E-state index < -0.39 is 0 Å². The number of amides is 2. The fourth-order valence-corrected chi connectivity index (χ4v) is 2.71. The van der Waals surface area contributed by atoms with Crippen LogP contribution in [-0.2, 0) is 4.79 Å². The molecule has 0 bridgehead atoms. The van der Waals surface area contributed by atoms with E-state index in [1.165, 1.54) is 14.0 Å². The maximum absolute atomic E-state index is 12.2. The summed E-state index contributed by atoms with van der Waals surface area (Å²) >= 11 is 6.13. The quantitative estimate of drug-likeness (QED) is 0.837. The van der Waals surface area contributed by atoms with Gasteiger partial charge < -0.3 is 15.0 Å². The zero-order valence-electron chi connectivity index (χ0n) is 15.4. The fourth-order valence-electron chi connectivity index (χ4n) is 2.56. The third kappa shape index (κ3) is 4.76. The number of hydrogen-bond donors (Lipinski definition) is 1.